The lowest BCUT2D eigenvalue weighted by Gasteiger charge is -2.16. The molecule has 0 saturated heterocycles. The van der Waals surface area contributed by atoms with Gasteiger partial charge in [-0.05, 0) is 48.9 Å². The summed E-state index contributed by atoms with van der Waals surface area (Å²) in [5.74, 6) is -0.188. The number of anilines is 1. The van der Waals surface area contributed by atoms with Gasteiger partial charge < -0.3 is 5.32 Å². The molecular weight excluding hydrogens is 380 g/mol. The fourth-order valence-corrected chi connectivity index (χ4v) is 2.87. The lowest BCUT2D eigenvalue weighted by atomic mass is 10.1. The largest absolute Gasteiger partial charge is 0.346 e. The Morgan fingerprint density at radius 3 is 2.39 bits per heavy atom. The number of hydrogen-bond donors (Lipinski definition) is 2. The van der Waals surface area contributed by atoms with E-state index in [1.807, 2.05) is 13.0 Å². The number of nitrogens with one attached hydrogen (secondary N) is 2. The first-order valence-corrected chi connectivity index (χ1v) is 9.57. The summed E-state index contributed by atoms with van der Waals surface area (Å²) in [6, 6.07) is 13.7. The van der Waals surface area contributed by atoms with Crippen LogP contribution in [0.4, 0.5) is 5.69 Å². The van der Waals surface area contributed by atoms with Crippen LogP contribution in [0.2, 0.25) is 0 Å². The van der Waals surface area contributed by atoms with Gasteiger partial charge in [0.05, 0.1) is 12.3 Å². The third kappa shape index (κ3) is 5.37. The molecule has 0 aliphatic rings. The minimum atomic E-state index is -3.33. The highest BCUT2D eigenvalue weighted by Gasteiger charge is 2.12. The summed E-state index contributed by atoms with van der Waals surface area (Å²) >= 11 is 3.33. The van der Waals surface area contributed by atoms with Crippen molar-refractivity contribution in [2.45, 2.75) is 13.0 Å². The van der Waals surface area contributed by atoms with Crippen molar-refractivity contribution in [3.63, 3.8) is 0 Å². The summed E-state index contributed by atoms with van der Waals surface area (Å²) in [5, 5.41) is 2.89. The molecule has 0 aliphatic heterocycles. The van der Waals surface area contributed by atoms with Gasteiger partial charge in [0.15, 0.2) is 0 Å². The van der Waals surface area contributed by atoms with Crippen molar-refractivity contribution in [2.24, 2.45) is 0 Å². The van der Waals surface area contributed by atoms with Crippen LogP contribution in [-0.2, 0) is 10.0 Å². The van der Waals surface area contributed by atoms with E-state index < -0.39 is 10.0 Å². The van der Waals surface area contributed by atoms with Crippen LogP contribution in [0.25, 0.3) is 0 Å². The van der Waals surface area contributed by atoms with Crippen molar-refractivity contribution in [2.75, 3.05) is 11.0 Å². The highest BCUT2D eigenvalue weighted by molar-refractivity contribution is 9.10. The van der Waals surface area contributed by atoms with Crippen molar-refractivity contribution in [3.8, 4) is 0 Å². The molecule has 0 fully saturated rings. The predicted octanol–water partition coefficient (Wildman–Crippen LogP) is 3.31. The summed E-state index contributed by atoms with van der Waals surface area (Å²) in [6.07, 6.45) is 1.10. The van der Waals surface area contributed by atoms with E-state index in [-0.39, 0.29) is 11.9 Å². The number of amides is 1. The van der Waals surface area contributed by atoms with Gasteiger partial charge in [-0.25, -0.2) is 8.42 Å². The fourth-order valence-electron chi connectivity index (χ4n) is 2.05. The van der Waals surface area contributed by atoms with Crippen LogP contribution in [0.3, 0.4) is 0 Å². The maximum atomic E-state index is 12.2. The maximum absolute atomic E-state index is 12.2. The highest BCUT2D eigenvalue weighted by atomic mass is 79.9. The molecule has 0 bridgehead atoms. The Bertz CT molecular complexity index is 804. The Labute approximate surface area is 144 Å². The second-order valence-corrected chi connectivity index (χ2v) is 7.87. The first-order chi connectivity index (χ1) is 10.7. The zero-order valence-corrected chi connectivity index (χ0v) is 15.1. The molecule has 23 heavy (non-hydrogen) atoms. The topological polar surface area (TPSA) is 75.3 Å². The number of benzene rings is 2. The molecule has 2 N–H and O–H groups in total. The minimum absolute atomic E-state index is 0.188. The molecule has 0 radical (unpaired) electrons. The van der Waals surface area contributed by atoms with E-state index in [4.69, 9.17) is 0 Å². The standard InChI is InChI=1S/C16H17BrN2O3S/c1-11(18-16(20)12-6-8-14(17)9-7-12)13-4-3-5-15(10-13)19-23(2,21)22/h3-11,19H,1-2H3,(H,18,20)/t11-/m1/s1. The molecule has 0 aliphatic carbocycles. The molecule has 0 unspecified atom stereocenters. The van der Waals surface area contributed by atoms with E-state index in [1.165, 1.54) is 0 Å². The third-order valence-electron chi connectivity index (χ3n) is 3.14. The molecule has 0 spiro atoms. The summed E-state index contributed by atoms with van der Waals surface area (Å²) in [4.78, 5) is 12.2. The van der Waals surface area contributed by atoms with Crippen LogP contribution >= 0.6 is 15.9 Å². The molecule has 2 rings (SSSR count). The van der Waals surface area contributed by atoms with E-state index in [0.29, 0.717) is 11.3 Å². The van der Waals surface area contributed by atoms with Gasteiger partial charge in [0.25, 0.3) is 5.91 Å². The van der Waals surface area contributed by atoms with Crippen molar-refractivity contribution in [1.29, 1.82) is 0 Å². The average molecular weight is 397 g/mol. The van der Waals surface area contributed by atoms with Crippen LogP contribution in [-0.4, -0.2) is 20.6 Å². The quantitative estimate of drug-likeness (QED) is 0.813. The molecule has 122 valence electrons. The number of carbonyl (C=O) groups is 1. The lowest BCUT2D eigenvalue weighted by molar-refractivity contribution is 0.0940. The third-order valence-corrected chi connectivity index (χ3v) is 4.28. The Balaban J connectivity index is 2.11. The zero-order chi connectivity index (χ0) is 17.0. The fraction of sp³-hybridized carbons (Fsp3) is 0.188. The molecule has 7 heteroatoms. The van der Waals surface area contributed by atoms with Gasteiger partial charge in [-0.3, -0.25) is 9.52 Å². The Morgan fingerprint density at radius 1 is 1.13 bits per heavy atom. The van der Waals surface area contributed by atoms with E-state index in [0.717, 1.165) is 16.3 Å². The smallest absolute Gasteiger partial charge is 0.251 e. The molecule has 0 heterocycles. The van der Waals surface area contributed by atoms with Gasteiger partial charge in [0, 0.05) is 15.7 Å². The van der Waals surface area contributed by atoms with Gasteiger partial charge in [-0.15, -0.1) is 0 Å². The number of halogens is 1. The van der Waals surface area contributed by atoms with Crippen molar-refractivity contribution < 1.29 is 13.2 Å². The maximum Gasteiger partial charge on any atom is 0.251 e. The van der Waals surface area contributed by atoms with Gasteiger partial charge in [0.1, 0.15) is 0 Å². The highest BCUT2D eigenvalue weighted by Crippen LogP contribution is 2.19. The predicted molar refractivity (Wildman–Crippen MR) is 94.9 cm³/mol. The zero-order valence-electron chi connectivity index (χ0n) is 12.7. The molecule has 0 saturated carbocycles. The summed E-state index contributed by atoms with van der Waals surface area (Å²) in [5.41, 5.74) is 1.84. The van der Waals surface area contributed by atoms with E-state index >= 15 is 0 Å². The Kier molecular flexibility index (Phi) is 5.43. The van der Waals surface area contributed by atoms with E-state index in [2.05, 4.69) is 26.0 Å². The normalized spacial score (nSPS) is 12.5. The first kappa shape index (κ1) is 17.5. The van der Waals surface area contributed by atoms with Gasteiger partial charge in [0.2, 0.25) is 10.0 Å². The van der Waals surface area contributed by atoms with Crippen LogP contribution in [0.5, 0.6) is 0 Å². The number of sulfonamides is 1. The summed E-state index contributed by atoms with van der Waals surface area (Å²) < 4.78 is 25.9. The monoisotopic (exact) mass is 396 g/mol. The van der Waals surface area contributed by atoms with Gasteiger partial charge in [-0.1, -0.05) is 28.1 Å². The van der Waals surface area contributed by atoms with Crippen molar-refractivity contribution >= 4 is 37.5 Å². The van der Waals surface area contributed by atoms with Crippen LogP contribution < -0.4 is 10.0 Å². The minimum Gasteiger partial charge on any atom is -0.346 e. The number of rotatable bonds is 5. The second kappa shape index (κ2) is 7.14. The van der Waals surface area contributed by atoms with Crippen LogP contribution in [0, 0.1) is 0 Å². The lowest BCUT2D eigenvalue weighted by Crippen LogP contribution is -2.26. The molecule has 1 amide bonds. The molecule has 5 nitrogen and oxygen atoms in total. The van der Waals surface area contributed by atoms with Gasteiger partial charge >= 0.3 is 0 Å². The van der Waals surface area contributed by atoms with Crippen molar-refractivity contribution in [3.05, 3.63) is 64.1 Å². The molecule has 0 aromatic heterocycles. The number of hydrogen-bond acceptors (Lipinski definition) is 3. The summed E-state index contributed by atoms with van der Waals surface area (Å²) in [6.45, 7) is 1.84. The average Bonchev–Trinajstić information content (AvgIpc) is 2.46. The first-order valence-electron chi connectivity index (χ1n) is 6.89. The Hall–Kier alpha value is -1.86. The van der Waals surface area contributed by atoms with Crippen LogP contribution in [0.15, 0.2) is 53.0 Å². The molecule has 1 atom stereocenters. The molecular formula is C16H17BrN2O3S. The van der Waals surface area contributed by atoms with E-state index in [9.17, 15) is 13.2 Å². The summed E-state index contributed by atoms with van der Waals surface area (Å²) in [7, 11) is -3.33. The SMILES string of the molecule is C[C@@H](NC(=O)c1ccc(Br)cc1)c1cccc(NS(C)(=O)=O)c1. The second-order valence-electron chi connectivity index (χ2n) is 5.20. The number of carbonyl (C=O) groups excluding carboxylic acids is 1. The molecule has 2 aromatic carbocycles. The molecule has 2 aromatic rings. The van der Waals surface area contributed by atoms with Crippen molar-refractivity contribution in [1.82, 2.24) is 5.32 Å². The van der Waals surface area contributed by atoms with Crippen LogP contribution in [0.1, 0.15) is 28.9 Å². The Morgan fingerprint density at radius 2 is 1.78 bits per heavy atom. The van der Waals surface area contributed by atoms with E-state index in [1.54, 1.807) is 42.5 Å². The van der Waals surface area contributed by atoms with Gasteiger partial charge in [-0.2, -0.15) is 0 Å².